The highest BCUT2D eigenvalue weighted by Gasteiger charge is 2.06. The van der Waals surface area contributed by atoms with Gasteiger partial charge >= 0.3 is 0 Å². The zero-order chi connectivity index (χ0) is 9.14. The predicted octanol–water partition coefficient (Wildman–Crippen LogP) is 2.93. The Labute approximate surface area is 85.1 Å². The highest BCUT2D eigenvalue weighted by atomic mass is 79.9. The van der Waals surface area contributed by atoms with E-state index in [1.54, 1.807) is 24.2 Å². The van der Waals surface area contributed by atoms with Gasteiger partial charge in [-0.2, -0.15) is 0 Å². The lowest BCUT2D eigenvalue weighted by molar-refractivity contribution is 1.10. The lowest BCUT2D eigenvalue weighted by Crippen LogP contribution is -1.94. The fourth-order valence-corrected chi connectivity index (χ4v) is 2.25. The molecule has 66 valence electrons. The van der Waals surface area contributed by atoms with Crippen molar-refractivity contribution in [1.82, 2.24) is 4.98 Å². The van der Waals surface area contributed by atoms with Gasteiger partial charge in [0.25, 0.3) is 0 Å². The molecule has 2 nitrogen and oxygen atoms in total. The van der Waals surface area contributed by atoms with Crippen LogP contribution in [-0.2, 0) is 0 Å². The van der Waals surface area contributed by atoms with Gasteiger partial charge in [-0.05, 0) is 15.9 Å². The van der Waals surface area contributed by atoms with Crippen LogP contribution in [0.1, 0.15) is 13.8 Å². The number of halogens is 1. The summed E-state index contributed by atoms with van der Waals surface area (Å²) in [5.41, 5.74) is 6.50. The Morgan fingerprint density at radius 1 is 1.50 bits per heavy atom. The molecule has 0 spiro atoms. The zero-order valence-corrected chi connectivity index (χ0v) is 9.45. The Bertz CT molecular complexity index is 256. The second kappa shape index (κ2) is 4.14. The first kappa shape index (κ1) is 9.86. The maximum Gasteiger partial charge on any atom is 0.0650 e. The number of nitrogens with zero attached hydrogens (tertiary/aromatic N) is 1. The van der Waals surface area contributed by atoms with Gasteiger partial charge in [0.1, 0.15) is 0 Å². The van der Waals surface area contributed by atoms with Gasteiger partial charge in [0.15, 0.2) is 0 Å². The molecule has 0 saturated carbocycles. The summed E-state index contributed by atoms with van der Waals surface area (Å²) in [4.78, 5) is 5.05. The number of thioether (sulfide) groups is 1. The van der Waals surface area contributed by atoms with E-state index in [9.17, 15) is 0 Å². The van der Waals surface area contributed by atoms with Crippen LogP contribution in [0.3, 0.4) is 0 Å². The van der Waals surface area contributed by atoms with Crippen molar-refractivity contribution in [1.29, 1.82) is 0 Å². The number of nitrogens with two attached hydrogens (primary N) is 1. The van der Waals surface area contributed by atoms with E-state index in [0.29, 0.717) is 5.25 Å². The molecule has 0 unspecified atom stereocenters. The van der Waals surface area contributed by atoms with E-state index < -0.39 is 0 Å². The molecule has 1 rings (SSSR count). The molecule has 4 heteroatoms. The summed E-state index contributed by atoms with van der Waals surface area (Å²) in [6.45, 7) is 4.27. The van der Waals surface area contributed by atoms with Crippen LogP contribution in [0.25, 0.3) is 0 Å². The summed E-state index contributed by atoms with van der Waals surface area (Å²) in [5, 5.41) is 0.533. The number of hydrogen-bond donors (Lipinski definition) is 1. The molecule has 0 radical (unpaired) electrons. The average Bonchev–Trinajstić information content (AvgIpc) is 1.97. The van der Waals surface area contributed by atoms with Gasteiger partial charge in [0, 0.05) is 16.3 Å². The lowest BCUT2D eigenvalue weighted by atomic mass is 10.4. The minimum absolute atomic E-state index is 0.533. The van der Waals surface area contributed by atoms with Gasteiger partial charge in [-0.1, -0.05) is 13.8 Å². The van der Waals surface area contributed by atoms with Gasteiger partial charge in [-0.25, -0.2) is 0 Å². The summed E-state index contributed by atoms with van der Waals surface area (Å²) >= 11 is 5.15. The highest BCUT2D eigenvalue weighted by molar-refractivity contribution is 9.10. The van der Waals surface area contributed by atoms with Crippen LogP contribution < -0.4 is 5.73 Å². The van der Waals surface area contributed by atoms with Crippen LogP contribution in [0.2, 0.25) is 0 Å². The van der Waals surface area contributed by atoms with Crippen LogP contribution in [-0.4, -0.2) is 10.2 Å². The van der Waals surface area contributed by atoms with Crippen molar-refractivity contribution in [3.8, 4) is 0 Å². The Kier molecular flexibility index (Phi) is 3.40. The smallest absolute Gasteiger partial charge is 0.0650 e. The van der Waals surface area contributed by atoms with Gasteiger partial charge in [0.2, 0.25) is 0 Å². The molecule has 0 amide bonds. The summed E-state index contributed by atoms with van der Waals surface area (Å²) < 4.78 is 0.973. The van der Waals surface area contributed by atoms with E-state index in [0.717, 1.165) is 15.1 Å². The standard InChI is InChI=1S/C8H11BrN2S/c1-5(2)12-8-6(9)3-11-4-7(8)10/h3-5H,10H2,1-2H3. The summed E-state index contributed by atoms with van der Waals surface area (Å²) in [5.74, 6) is 0. The van der Waals surface area contributed by atoms with Crippen molar-refractivity contribution in [2.24, 2.45) is 0 Å². The third-order valence-electron chi connectivity index (χ3n) is 1.23. The molecule has 0 aliphatic rings. The largest absolute Gasteiger partial charge is 0.397 e. The van der Waals surface area contributed by atoms with Crippen molar-refractivity contribution >= 4 is 33.4 Å². The molecule has 12 heavy (non-hydrogen) atoms. The number of nitrogen functional groups attached to an aromatic ring is 1. The number of aromatic nitrogens is 1. The van der Waals surface area contributed by atoms with Crippen LogP contribution in [0.5, 0.6) is 0 Å². The first-order valence-corrected chi connectivity index (χ1v) is 5.34. The highest BCUT2D eigenvalue weighted by Crippen LogP contribution is 2.34. The van der Waals surface area contributed by atoms with E-state index >= 15 is 0 Å². The summed E-state index contributed by atoms with van der Waals surface area (Å²) in [6, 6.07) is 0. The Hall–Kier alpha value is -0.220. The molecule has 0 saturated heterocycles. The predicted molar refractivity (Wildman–Crippen MR) is 57.3 cm³/mol. The van der Waals surface area contributed by atoms with Crippen LogP contribution in [0.15, 0.2) is 21.8 Å². The fraction of sp³-hybridized carbons (Fsp3) is 0.375. The number of pyridine rings is 1. The van der Waals surface area contributed by atoms with Crippen molar-refractivity contribution in [3.05, 3.63) is 16.9 Å². The molecule has 1 aromatic rings. The normalized spacial score (nSPS) is 10.7. The van der Waals surface area contributed by atoms with E-state index in [1.165, 1.54) is 0 Å². The van der Waals surface area contributed by atoms with Crippen molar-refractivity contribution in [3.63, 3.8) is 0 Å². The van der Waals surface area contributed by atoms with Crippen molar-refractivity contribution < 1.29 is 0 Å². The zero-order valence-electron chi connectivity index (χ0n) is 7.04. The number of rotatable bonds is 2. The topological polar surface area (TPSA) is 38.9 Å². The molecular weight excluding hydrogens is 236 g/mol. The van der Waals surface area contributed by atoms with Crippen LogP contribution in [0, 0.1) is 0 Å². The molecule has 0 fully saturated rings. The van der Waals surface area contributed by atoms with Crippen LogP contribution >= 0.6 is 27.7 Å². The van der Waals surface area contributed by atoms with E-state index in [4.69, 9.17) is 5.73 Å². The Balaban J connectivity index is 2.96. The first-order valence-electron chi connectivity index (χ1n) is 3.67. The van der Waals surface area contributed by atoms with Gasteiger partial charge in [-0.15, -0.1) is 11.8 Å². The first-order chi connectivity index (χ1) is 5.61. The maximum absolute atomic E-state index is 5.76. The second-order valence-electron chi connectivity index (χ2n) is 2.71. The third-order valence-corrected chi connectivity index (χ3v) is 3.26. The van der Waals surface area contributed by atoms with E-state index in [2.05, 4.69) is 34.8 Å². The molecule has 1 heterocycles. The van der Waals surface area contributed by atoms with Gasteiger partial charge < -0.3 is 5.73 Å². The fourth-order valence-electron chi connectivity index (χ4n) is 0.798. The van der Waals surface area contributed by atoms with Crippen LogP contribution in [0.4, 0.5) is 5.69 Å². The molecule has 0 aliphatic heterocycles. The minimum atomic E-state index is 0.533. The molecule has 0 bridgehead atoms. The molecule has 2 N–H and O–H groups in total. The van der Waals surface area contributed by atoms with Crippen molar-refractivity contribution in [2.75, 3.05) is 5.73 Å². The Morgan fingerprint density at radius 3 is 2.67 bits per heavy atom. The quantitative estimate of drug-likeness (QED) is 0.816. The summed E-state index contributed by atoms with van der Waals surface area (Å²) in [6.07, 6.45) is 3.44. The maximum atomic E-state index is 5.76. The number of hydrogen-bond acceptors (Lipinski definition) is 3. The van der Waals surface area contributed by atoms with Crippen molar-refractivity contribution in [2.45, 2.75) is 24.0 Å². The summed E-state index contributed by atoms with van der Waals surface area (Å²) in [7, 11) is 0. The monoisotopic (exact) mass is 246 g/mol. The van der Waals surface area contributed by atoms with E-state index in [1.807, 2.05) is 0 Å². The Morgan fingerprint density at radius 2 is 2.17 bits per heavy atom. The van der Waals surface area contributed by atoms with E-state index in [-0.39, 0.29) is 0 Å². The second-order valence-corrected chi connectivity index (χ2v) is 5.15. The molecule has 0 atom stereocenters. The SMILES string of the molecule is CC(C)Sc1c(N)cncc1Br. The molecule has 0 aliphatic carbocycles. The molecular formula is C8H11BrN2S. The molecule has 1 aromatic heterocycles. The van der Waals surface area contributed by atoms with Gasteiger partial charge in [0.05, 0.1) is 16.4 Å². The number of anilines is 1. The average molecular weight is 247 g/mol. The third kappa shape index (κ3) is 2.38. The molecule has 0 aromatic carbocycles. The minimum Gasteiger partial charge on any atom is -0.397 e. The lowest BCUT2D eigenvalue weighted by Gasteiger charge is -2.08. The van der Waals surface area contributed by atoms with Gasteiger partial charge in [-0.3, -0.25) is 4.98 Å².